The van der Waals surface area contributed by atoms with Crippen LogP contribution < -0.4 is 11.1 Å². The van der Waals surface area contributed by atoms with Gasteiger partial charge in [0.1, 0.15) is 0 Å². The number of hydrogen-bond acceptors (Lipinski definition) is 2. The number of allylic oxidation sites excluding steroid dienone is 1. The summed E-state index contributed by atoms with van der Waals surface area (Å²) in [4.78, 5) is 0. The molecule has 0 aromatic heterocycles. The highest BCUT2D eigenvalue weighted by molar-refractivity contribution is 5.58. The molecule has 0 bridgehead atoms. The highest BCUT2D eigenvalue weighted by atomic mass is 14.9. The van der Waals surface area contributed by atoms with Gasteiger partial charge in [-0.25, -0.2) is 0 Å². The molecule has 0 spiro atoms. The van der Waals surface area contributed by atoms with Crippen molar-refractivity contribution in [3.8, 4) is 0 Å². The number of nitrogens with one attached hydrogen (secondary N) is 1. The zero-order valence-electron chi connectivity index (χ0n) is 9.92. The number of benzene rings is 1. The summed E-state index contributed by atoms with van der Waals surface area (Å²) in [6, 6.07) is 6.17. The number of aryl methyl sites for hydroxylation is 1. The van der Waals surface area contributed by atoms with Gasteiger partial charge < -0.3 is 11.1 Å². The molecule has 16 heavy (non-hydrogen) atoms. The van der Waals surface area contributed by atoms with Crippen LogP contribution in [0.4, 0.5) is 11.4 Å². The first-order valence-electron chi connectivity index (χ1n) is 6.03. The van der Waals surface area contributed by atoms with Crippen LogP contribution in [0.1, 0.15) is 31.2 Å². The van der Waals surface area contributed by atoms with Crippen molar-refractivity contribution in [1.29, 1.82) is 0 Å². The molecule has 1 aromatic rings. The van der Waals surface area contributed by atoms with Crippen molar-refractivity contribution in [2.24, 2.45) is 0 Å². The molecule has 2 nitrogen and oxygen atoms in total. The van der Waals surface area contributed by atoms with Gasteiger partial charge in [-0.3, -0.25) is 0 Å². The summed E-state index contributed by atoms with van der Waals surface area (Å²) < 4.78 is 0. The van der Waals surface area contributed by atoms with E-state index in [-0.39, 0.29) is 0 Å². The fourth-order valence-corrected chi connectivity index (χ4v) is 2.08. The number of hydrogen-bond donors (Lipinski definition) is 2. The molecule has 2 rings (SSSR count). The Labute approximate surface area is 97.5 Å². The van der Waals surface area contributed by atoms with Crippen molar-refractivity contribution in [2.75, 3.05) is 17.6 Å². The van der Waals surface area contributed by atoms with Crippen LogP contribution in [-0.4, -0.2) is 6.54 Å². The average Bonchev–Trinajstić information content (AvgIpc) is 2.76. The highest BCUT2D eigenvalue weighted by Gasteiger charge is 2.03. The Morgan fingerprint density at radius 1 is 1.38 bits per heavy atom. The van der Waals surface area contributed by atoms with E-state index in [1.165, 1.54) is 19.3 Å². The molecule has 1 aliphatic carbocycles. The van der Waals surface area contributed by atoms with Gasteiger partial charge in [0.05, 0.1) is 0 Å². The van der Waals surface area contributed by atoms with Crippen molar-refractivity contribution in [3.05, 3.63) is 35.4 Å². The first-order valence-corrected chi connectivity index (χ1v) is 6.03. The predicted octanol–water partition coefficient (Wildman–Crippen LogP) is 3.49. The maximum Gasteiger partial charge on any atom is 0.0364 e. The smallest absolute Gasteiger partial charge is 0.0364 e. The maximum atomic E-state index is 5.86. The summed E-state index contributed by atoms with van der Waals surface area (Å²) in [6.45, 7) is 3.04. The summed E-state index contributed by atoms with van der Waals surface area (Å²) in [5.74, 6) is 0. The van der Waals surface area contributed by atoms with Crippen LogP contribution in [0.3, 0.4) is 0 Å². The van der Waals surface area contributed by atoms with Crippen LogP contribution in [-0.2, 0) is 0 Å². The SMILES string of the molecule is Cc1ccc(NCCC2=CCCC2)cc1N. The van der Waals surface area contributed by atoms with Gasteiger partial charge in [0.15, 0.2) is 0 Å². The fraction of sp³-hybridized carbons (Fsp3) is 0.429. The second-order valence-electron chi connectivity index (χ2n) is 4.50. The van der Waals surface area contributed by atoms with Crippen LogP contribution in [0.2, 0.25) is 0 Å². The molecule has 0 saturated carbocycles. The monoisotopic (exact) mass is 216 g/mol. The molecular weight excluding hydrogens is 196 g/mol. The van der Waals surface area contributed by atoms with E-state index < -0.39 is 0 Å². The van der Waals surface area contributed by atoms with Gasteiger partial charge in [0.2, 0.25) is 0 Å². The van der Waals surface area contributed by atoms with Crippen LogP contribution in [0, 0.1) is 6.92 Å². The van der Waals surface area contributed by atoms with E-state index in [2.05, 4.69) is 23.5 Å². The molecule has 0 radical (unpaired) electrons. The van der Waals surface area contributed by atoms with Gasteiger partial charge in [-0.2, -0.15) is 0 Å². The summed E-state index contributed by atoms with van der Waals surface area (Å²) in [5.41, 5.74) is 10.6. The van der Waals surface area contributed by atoms with Gasteiger partial charge in [-0.05, 0) is 50.3 Å². The quantitative estimate of drug-likeness (QED) is 0.597. The van der Waals surface area contributed by atoms with Gasteiger partial charge in [-0.15, -0.1) is 0 Å². The molecule has 0 unspecified atom stereocenters. The van der Waals surface area contributed by atoms with Crippen molar-refractivity contribution in [1.82, 2.24) is 0 Å². The zero-order valence-corrected chi connectivity index (χ0v) is 9.92. The third kappa shape index (κ3) is 2.78. The molecule has 0 amide bonds. The second-order valence-corrected chi connectivity index (χ2v) is 4.50. The molecule has 0 aliphatic heterocycles. The molecule has 1 aromatic carbocycles. The molecule has 2 heteroatoms. The average molecular weight is 216 g/mol. The van der Waals surface area contributed by atoms with E-state index in [4.69, 9.17) is 5.73 Å². The Morgan fingerprint density at radius 3 is 2.94 bits per heavy atom. The molecule has 1 aliphatic rings. The number of anilines is 2. The lowest BCUT2D eigenvalue weighted by Gasteiger charge is -2.08. The minimum atomic E-state index is 0.866. The summed E-state index contributed by atoms with van der Waals surface area (Å²) >= 11 is 0. The Bertz CT molecular complexity index is 394. The lowest BCUT2D eigenvalue weighted by Crippen LogP contribution is -2.03. The normalized spacial score (nSPS) is 14.9. The largest absolute Gasteiger partial charge is 0.398 e. The number of nitrogens with two attached hydrogens (primary N) is 1. The third-order valence-electron chi connectivity index (χ3n) is 3.19. The Balaban J connectivity index is 1.82. The van der Waals surface area contributed by atoms with Gasteiger partial charge in [0, 0.05) is 17.9 Å². The van der Waals surface area contributed by atoms with E-state index in [1.807, 2.05) is 13.0 Å². The van der Waals surface area contributed by atoms with Crippen LogP contribution >= 0.6 is 0 Å². The van der Waals surface area contributed by atoms with E-state index in [0.717, 1.165) is 29.9 Å². The molecule has 0 atom stereocenters. The fourth-order valence-electron chi connectivity index (χ4n) is 2.08. The van der Waals surface area contributed by atoms with E-state index in [0.29, 0.717) is 0 Å². The van der Waals surface area contributed by atoms with Crippen molar-refractivity contribution in [3.63, 3.8) is 0 Å². The minimum absolute atomic E-state index is 0.866. The topological polar surface area (TPSA) is 38.0 Å². The Kier molecular flexibility index (Phi) is 3.50. The summed E-state index contributed by atoms with van der Waals surface area (Å²) in [6.07, 6.45) is 7.44. The molecule has 0 fully saturated rings. The molecule has 0 saturated heterocycles. The summed E-state index contributed by atoms with van der Waals surface area (Å²) in [7, 11) is 0. The lowest BCUT2D eigenvalue weighted by atomic mass is 10.1. The maximum absolute atomic E-state index is 5.86. The summed E-state index contributed by atoms with van der Waals surface area (Å²) in [5, 5.41) is 3.42. The van der Waals surface area contributed by atoms with E-state index in [9.17, 15) is 0 Å². The zero-order chi connectivity index (χ0) is 11.4. The van der Waals surface area contributed by atoms with Crippen molar-refractivity contribution in [2.45, 2.75) is 32.6 Å². The lowest BCUT2D eigenvalue weighted by molar-refractivity contribution is 0.863. The van der Waals surface area contributed by atoms with Crippen molar-refractivity contribution < 1.29 is 0 Å². The Morgan fingerprint density at radius 2 is 2.25 bits per heavy atom. The van der Waals surface area contributed by atoms with Crippen molar-refractivity contribution >= 4 is 11.4 Å². The first-order chi connectivity index (χ1) is 7.75. The van der Waals surface area contributed by atoms with Gasteiger partial charge in [-0.1, -0.05) is 17.7 Å². The molecule has 86 valence electrons. The standard InChI is InChI=1S/C14H20N2/c1-11-6-7-13(10-14(11)15)16-9-8-12-4-2-3-5-12/h4,6-7,10,16H,2-3,5,8-9,15H2,1H3. The molecule has 0 heterocycles. The van der Waals surface area contributed by atoms with E-state index >= 15 is 0 Å². The van der Waals surface area contributed by atoms with E-state index in [1.54, 1.807) is 5.57 Å². The van der Waals surface area contributed by atoms with Gasteiger partial charge in [0.25, 0.3) is 0 Å². The second kappa shape index (κ2) is 5.06. The van der Waals surface area contributed by atoms with Crippen LogP contribution in [0.5, 0.6) is 0 Å². The predicted molar refractivity (Wildman–Crippen MR) is 70.6 cm³/mol. The first kappa shape index (κ1) is 11.1. The molecular formula is C14H20N2. The van der Waals surface area contributed by atoms with Crippen LogP contribution in [0.15, 0.2) is 29.8 Å². The third-order valence-corrected chi connectivity index (χ3v) is 3.19. The minimum Gasteiger partial charge on any atom is -0.398 e. The highest BCUT2D eigenvalue weighted by Crippen LogP contribution is 2.21. The van der Waals surface area contributed by atoms with Gasteiger partial charge >= 0.3 is 0 Å². The molecule has 3 N–H and O–H groups in total. The number of nitrogen functional groups attached to an aromatic ring is 1. The Hall–Kier alpha value is -1.44. The van der Waals surface area contributed by atoms with Crippen LogP contribution in [0.25, 0.3) is 0 Å². The number of rotatable bonds is 4.